The number of hydrogen-bond donors (Lipinski definition) is 7. The van der Waals surface area contributed by atoms with Gasteiger partial charge in [0, 0.05) is 23.7 Å². The van der Waals surface area contributed by atoms with Gasteiger partial charge in [-0.15, -0.1) is 0 Å². The lowest BCUT2D eigenvalue weighted by molar-refractivity contribution is -0.291. The van der Waals surface area contributed by atoms with Crippen LogP contribution in [0.3, 0.4) is 0 Å². The number of aliphatic hydroxyl groups excluding tert-OH is 5. The number of rotatable bonds is 8. The van der Waals surface area contributed by atoms with Gasteiger partial charge in [-0.05, 0) is 83.6 Å². The number of hydrogen-bond acceptors (Lipinski definition) is 11. The first-order valence-corrected chi connectivity index (χ1v) is 16.8. The molecule has 1 saturated heterocycles. The summed E-state index contributed by atoms with van der Waals surface area (Å²) in [5.41, 5.74) is -3.27. The molecule has 0 aromatic rings. The summed E-state index contributed by atoms with van der Waals surface area (Å²) in [7, 11) is 0. The number of carbonyl (C=O) groups is 2. The van der Waals surface area contributed by atoms with Gasteiger partial charge in [0.1, 0.15) is 30.0 Å². The number of ketones is 2. The fraction of sp³-hybridized carbons (Fsp3) is 0.778. The highest BCUT2D eigenvalue weighted by atomic mass is 16.7. The van der Waals surface area contributed by atoms with Gasteiger partial charge in [-0.2, -0.15) is 0 Å². The van der Waals surface area contributed by atoms with E-state index in [4.69, 9.17) is 9.47 Å². The smallest absolute Gasteiger partial charge is 0.229 e. The first-order chi connectivity index (χ1) is 21.5. The molecule has 1 heterocycles. The highest BCUT2D eigenvalue weighted by Gasteiger charge is 2.68. The zero-order valence-corrected chi connectivity index (χ0v) is 28.6. The molecule has 11 nitrogen and oxygen atoms in total. The molecule has 5 rings (SSSR count). The Morgan fingerprint density at radius 1 is 1.06 bits per heavy atom. The molecule has 1 aliphatic heterocycles. The predicted molar refractivity (Wildman–Crippen MR) is 170 cm³/mol. The van der Waals surface area contributed by atoms with E-state index in [9.17, 15) is 45.3 Å². The average molecular weight is 663 g/mol. The Bertz CT molecular complexity index is 1350. The van der Waals surface area contributed by atoms with Crippen LogP contribution in [0, 0.1) is 39.9 Å². The van der Waals surface area contributed by atoms with Crippen LogP contribution in [0.2, 0.25) is 0 Å². The molecule has 5 aliphatic rings. The molecule has 0 spiro atoms. The zero-order valence-electron chi connectivity index (χ0n) is 28.6. The van der Waals surface area contributed by atoms with E-state index in [0.29, 0.717) is 19.3 Å². The molecule has 4 aliphatic carbocycles. The molecule has 3 fully saturated rings. The van der Waals surface area contributed by atoms with Crippen LogP contribution in [0.4, 0.5) is 0 Å². The summed E-state index contributed by atoms with van der Waals surface area (Å²) in [5.74, 6) is -2.28. The summed E-state index contributed by atoms with van der Waals surface area (Å²) in [4.78, 5) is 27.3. The molecule has 0 bridgehead atoms. The second-order valence-corrected chi connectivity index (χ2v) is 16.6. The lowest BCUT2D eigenvalue weighted by Gasteiger charge is -2.62. The van der Waals surface area contributed by atoms with Crippen LogP contribution in [0.1, 0.15) is 80.6 Å². The Kier molecular flexibility index (Phi) is 9.14. The lowest BCUT2D eigenvalue weighted by Crippen LogP contribution is -2.60. The summed E-state index contributed by atoms with van der Waals surface area (Å²) in [5, 5.41) is 74.4. The molecule has 7 N–H and O–H groups in total. The Morgan fingerprint density at radius 3 is 2.30 bits per heavy atom. The summed E-state index contributed by atoms with van der Waals surface area (Å²) in [6.45, 7) is 16.5. The third-order valence-electron chi connectivity index (χ3n) is 12.7. The maximum atomic E-state index is 13.9. The van der Waals surface area contributed by atoms with Crippen molar-refractivity contribution in [1.82, 2.24) is 0 Å². The maximum Gasteiger partial charge on any atom is 0.229 e. The normalized spacial score (nSPS) is 44.4. The van der Waals surface area contributed by atoms with Gasteiger partial charge in [-0.1, -0.05) is 37.6 Å². The molecule has 0 aromatic heterocycles. The molecule has 11 heteroatoms. The standard InChI is InChI=1S/C36H54O11/c1-17-13-20-26(36(8,45)25(39)11-12-32(2,3)44)21(38)15-34(20,6)24-10-9-18-19(35(17,24)7)14-22(30(43)33(18,4)5)46-31-29(42)28(41)27(40)23(16-37)47-31/h9,14,19-21,23-24,26-29,31,37-38,40-42,44-45H,1,10-13,15-16H2,2-8H3/t19-,20-,21-,23-,24+,26-,27-,28+,29-,31+,34-,35+,36+/m1/s1. The van der Waals surface area contributed by atoms with Crippen molar-refractivity contribution >= 4 is 11.6 Å². The highest BCUT2D eigenvalue weighted by Crippen LogP contribution is 2.71. The minimum Gasteiger partial charge on any atom is -0.459 e. The number of Topliss-reactive ketones (excluding diaryl/α,β-unsaturated/α-hetero) is 2. The number of carbonyl (C=O) groups excluding carboxylic acids is 2. The second-order valence-electron chi connectivity index (χ2n) is 16.6. The van der Waals surface area contributed by atoms with E-state index < -0.39 is 82.6 Å². The average Bonchev–Trinajstić information content (AvgIpc) is 3.24. The predicted octanol–water partition coefficient (Wildman–Crippen LogP) is 1.70. The molecule has 47 heavy (non-hydrogen) atoms. The number of fused-ring (bicyclic) bond motifs is 5. The fourth-order valence-corrected chi connectivity index (χ4v) is 9.81. The van der Waals surface area contributed by atoms with Crippen molar-refractivity contribution in [2.45, 2.75) is 129 Å². The molecular weight excluding hydrogens is 608 g/mol. The lowest BCUT2D eigenvalue weighted by atomic mass is 9.42. The molecule has 13 atom stereocenters. The summed E-state index contributed by atoms with van der Waals surface area (Å²) in [6.07, 6.45) is -3.22. The van der Waals surface area contributed by atoms with Crippen LogP contribution < -0.4 is 0 Å². The van der Waals surface area contributed by atoms with Crippen molar-refractivity contribution in [3.8, 4) is 0 Å². The summed E-state index contributed by atoms with van der Waals surface area (Å²) < 4.78 is 11.6. The van der Waals surface area contributed by atoms with Gasteiger partial charge in [-0.25, -0.2) is 0 Å². The van der Waals surface area contributed by atoms with E-state index in [2.05, 4.69) is 26.5 Å². The molecule has 0 unspecified atom stereocenters. The van der Waals surface area contributed by atoms with E-state index in [0.717, 1.165) is 11.1 Å². The van der Waals surface area contributed by atoms with Crippen molar-refractivity contribution < 1.29 is 54.8 Å². The van der Waals surface area contributed by atoms with E-state index in [-0.39, 0.29) is 42.1 Å². The largest absolute Gasteiger partial charge is 0.459 e. The van der Waals surface area contributed by atoms with Gasteiger partial charge in [0.05, 0.1) is 23.7 Å². The van der Waals surface area contributed by atoms with Gasteiger partial charge in [0.2, 0.25) is 12.1 Å². The maximum absolute atomic E-state index is 13.9. The summed E-state index contributed by atoms with van der Waals surface area (Å²) >= 11 is 0. The van der Waals surface area contributed by atoms with Gasteiger partial charge in [0.15, 0.2) is 11.5 Å². The second kappa shape index (κ2) is 11.8. The molecule has 264 valence electrons. The molecule has 0 radical (unpaired) electrons. The van der Waals surface area contributed by atoms with Crippen molar-refractivity contribution in [2.75, 3.05) is 6.61 Å². The van der Waals surface area contributed by atoms with E-state index in [1.165, 1.54) is 6.92 Å². The van der Waals surface area contributed by atoms with Crippen LogP contribution >= 0.6 is 0 Å². The third-order valence-corrected chi connectivity index (χ3v) is 12.7. The Labute approximate surface area is 277 Å². The first-order valence-electron chi connectivity index (χ1n) is 16.8. The van der Waals surface area contributed by atoms with Crippen molar-refractivity contribution in [3.63, 3.8) is 0 Å². The van der Waals surface area contributed by atoms with Gasteiger partial charge in [0.25, 0.3) is 0 Å². The fourth-order valence-electron chi connectivity index (χ4n) is 9.81. The molecule has 0 amide bonds. The minimum atomic E-state index is -1.82. The monoisotopic (exact) mass is 662 g/mol. The Hall–Kier alpha value is -1.96. The van der Waals surface area contributed by atoms with Gasteiger partial charge in [-0.3, -0.25) is 9.59 Å². The SMILES string of the molecule is C=C1C[C@@H]2[C@@H]([C@@](C)(O)C(=O)CCC(C)(C)O)[C@H](O)C[C@@]2(C)[C@@H]2CC=C3[C@@H](C=C(O[C@H]4O[C@H](CO)[C@@H](O)[C@H](O)[C@H]4O)C(=O)C3(C)C)[C@]12C. The highest BCUT2D eigenvalue weighted by molar-refractivity contribution is 6.01. The number of allylic oxidation sites excluding steroid dienone is 5. The van der Waals surface area contributed by atoms with Crippen LogP contribution in [0.25, 0.3) is 0 Å². The number of ether oxygens (including phenoxy) is 2. The van der Waals surface area contributed by atoms with E-state index in [1.54, 1.807) is 19.9 Å². The molecule has 2 saturated carbocycles. The van der Waals surface area contributed by atoms with Crippen molar-refractivity contribution in [1.29, 1.82) is 0 Å². The molecular formula is C36H54O11. The van der Waals surface area contributed by atoms with Crippen molar-refractivity contribution in [2.24, 2.45) is 39.9 Å². The zero-order chi connectivity index (χ0) is 35.2. The molecule has 0 aromatic carbocycles. The van der Waals surface area contributed by atoms with Crippen LogP contribution in [0.5, 0.6) is 0 Å². The van der Waals surface area contributed by atoms with Gasteiger partial charge < -0.3 is 45.2 Å². The van der Waals surface area contributed by atoms with Crippen LogP contribution in [0.15, 0.2) is 35.6 Å². The summed E-state index contributed by atoms with van der Waals surface area (Å²) in [6, 6.07) is 0. The third kappa shape index (κ3) is 5.59. The van der Waals surface area contributed by atoms with E-state index >= 15 is 0 Å². The first kappa shape index (κ1) is 36.3. The van der Waals surface area contributed by atoms with Gasteiger partial charge >= 0.3 is 0 Å². The minimum absolute atomic E-state index is 0.0233. The quantitative estimate of drug-likeness (QED) is 0.187. The Morgan fingerprint density at radius 2 is 1.70 bits per heavy atom. The Balaban J connectivity index is 1.50. The number of aliphatic hydroxyl groups is 7. The van der Waals surface area contributed by atoms with Crippen molar-refractivity contribution in [3.05, 3.63) is 35.6 Å². The van der Waals surface area contributed by atoms with E-state index in [1.807, 2.05) is 13.8 Å². The topological polar surface area (TPSA) is 194 Å². The van der Waals surface area contributed by atoms with Crippen LogP contribution in [-0.2, 0) is 19.1 Å². The van der Waals surface area contributed by atoms with Crippen LogP contribution in [-0.4, -0.2) is 102 Å².